The Kier molecular flexibility index (Phi) is 4.31. The van der Waals surface area contributed by atoms with Crippen molar-refractivity contribution in [2.75, 3.05) is 27.1 Å². The van der Waals surface area contributed by atoms with E-state index in [1.54, 1.807) is 21.3 Å². The van der Waals surface area contributed by atoms with Gasteiger partial charge >= 0.3 is 0 Å². The lowest BCUT2D eigenvalue weighted by atomic mass is 9.96. The smallest absolute Gasteiger partial charge is 0.203 e. The zero-order valence-corrected chi connectivity index (χ0v) is 14.9. The third-order valence-corrected chi connectivity index (χ3v) is 4.25. The molecular formula is C18H20N4O3. The summed E-state index contributed by atoms with van der Waals surface area (Å²) in [6.45, 7) is 3.93. The monoisotopic (exact) mass is 340 g/mol. The van der Waals surface area contributed by atoms with Crippen molar-refractivity contribution in [3.63, 3.8) is 0 Å². The number of rotatable bonds is 4. The molecule has 3 rings (SSSR count). The number of anilines is 1. The minimum atomic E-state index is 0.379. The van der Waals surface area contributed by atoms with Gasteiger partial charge in [-0.1, -0.05) is 0 Å². The van der Waals surface area contributed by atoms with Crippen LogP contribution in [0.15, 0.2) is 18.5 Å². The van der Waals surface area contributed by atoms with Gasteiger partial charge in [0, 0.05) is 11.3 Å². The van der Waals surface area contributed by atoms with Crippen LogP contribution in [0.1, 0.15) is 11.3 Å². The second kappa shape index (κ2) is 6.43. The van der Waals surface area contributed by atoms with Crippen LogP contribution in [-0.2, 0) is 0 Å². The lowest BCUT2D eigenvalue weighted by molar-refractivity contribution is 0.324. The number of aromatic nitrogens is 3. The molecule has 0 fully saturated rings. The molecule has 0 saturated carbocycles. The van der Waals surface area contributed by atoms with Gasteiger partial charge in [0.15, 0.2) is 17.1 Å². The summed E-state index contributed by atoms with van der Waals surface area (Å²) in [5, 5.41) is 0.708. The van der Waals surface area contributed by atoms with Gasteiger partial charge in [-0.2, -0.15) is 0 Å². The topological polar surface area (TPSA) is 92.4 Å². The highest BCUT2D eigenvalue weighted by Crippen LogP contribution is 2.44. The normalized spacial score (nSPS) is 10.8. The Morgan fingerprint density at radius 2 is 1.56 bits per heavy atom. The van der Waals surface area contributed by atoms with Crippen molar-refractivity contribution in [2.24, 2.45) is 0 Å². The van der Waals surface area contributed by atoms with Gasteiger partial charge in [0.25, 0.3) is 0 Å². The van der Waals surface area contributed by atoms with Gasteiger partial charge < -0.3 is 19.9 Å². The Labute approximate surface area is 145 Å². The lowest BCUT2D eigenvalue weighted by Crippen LogP contribution is -2.02. The molecule has 0 atom stereocenters. The fourth-order valence-corrected chi connectivity index (χ4v) is 2.91. The average molecular weight is 340 g/mol. The lowest BCUT2D eigenvalue weighted by Gasteiger charge is -2.17. The van der Waals surface area contributed by atoms with Gasteiger partial charge in [-0.05, 0) is 37.1 Å². The van der Waals surface area contributed by atoms with Crippen molar-refractivity contribution < 1.29 is 14.2 Å². The third-order valence-electron chi connectivity index (χ3n) is 4.25. The van der Waals surface area contributed by atoms with Gasteiger partial charge in [-0.3, -0.25) is 0 Å². The number of nitrogens with zero attached hydrogens (tertiary/aromatic N) is 3. The second-order valence-electron chi connectivity index (χ2n) is 5.57. The molecule has 25 heavy (non-hydrogen) atoms. The number of nitrogens with two attached hydrogens (primary N) is 1. The molecule has 130 valence electrons. The van der Waals surface area contributed by atoms with E-state index in [1.807, 2.05) is 26.0 Å². The Morgan fingerprint density at radius 1 is 0.920 bits per heavy atom. The number of benzene rings is 1. The maximum Gasteiger partial charge on any atom is 0.203 e. The van der Waals surface area contributed by atoms with E-state index in [2.05, 4.69) is 15.0 Å². The number of pyridine rings is 1. The molecule has 1 aromatic carbocycles. The molecule has 2 aromatic heterocycles. The molecule has 7 nitrogen and oxygen atoms in total. The third kappa shape index (κ3) is 2.67. The van der Waals surface area contributed by atoms with E-state index >= 15 is 0 Å². The molecule has 0 aliphatic rings. The van der Waals surface area contributed by atoms with E-state index in [0.717, 1.165) is 22.4 Å². The minimum absolute atomic E-state index is 0.379. The molecule has 2 N–H and O–H groups in total. The zero-order valence-electron chi connectivity index (χ0n) is 14.9. The first-order valence-electron chi connectivity index (χ1n) is 7.69. The molecule has 0 aliphatic carbocycles. The van der Waals surface area contributed by atoms with Gasteiger partial charge in [0.05, 0.1) is 26.7 Å². The van der Waals surface area contributed by atoms with Crippen LogP contribution in [0.25, 0.3) is 22.2 Å². The fraction of sp³-hybridized carbons (Fsp3) is 0.278. The average Bonchev–Trinajstić information content (AvgIpc) is 2.62. The highest BCUT2D eigenvalue weighted by atomic mass is 16.5. The minimum Gasteiger partial charge on any atom is -0.493 e. The summed E-state index contributed by atoms with van der Waals surface area (Å²) >= 11 is 0. The van der Waals surface area contributed by atoms with Gasteiger partial charge in [0.2, 0.25) is 5.75 Å². The molecule has 0 unspecified atom stereocenters. The van der Waals surface area contributed by atoms with Gasteiger partial charge in [-0.25, -0.2) is 15.0 Å². The largest absolute Gasteiger partial charge is 0.493 e. The van der Waals surface area contributed by atoms with E-state index < -0.39 is 0 Å². The van der Waals surface area contributed by atoms with Crippen molar-refractivity contribution >= 4 is 16.9 Å². The van der Waals surface area contributed by atoms with Crippen molar-refractivity contribution in [1.82, 2.24) is 15.0 Å². The van der Waals surface area contributed by atoms with Crippen LogP contribution >= 0.6 is 0 Å². The second-order valence-corrected chi connectivity index (χ2v) is 5.57. The predicted octanol–water partition coefficient (Wildman–Crippen LogP) is 2.92. The molecule has 2 heterocycles. The van der Waals surface area contributed by atoms with Crippen LogP contribution in [0.3, 0.4) is 0 Å². The summed E-state index contributed by atoms with van der Waals surface area (Å²) in [7, 11) is 4.74. The summed E-state index contributed by atoms with van der Waals surface area (Å²) in [4.78, 5) is 12.9. The Morgan fingerprint density at radius 3 is 2.12 bits per heavy atom. The van der Waals surface area contributed by atoms with E-state index in [-0.39, 0.29) is 0 Å². The standard InChI is InChI=1S/C18H20N4O3/c1-9-10(2)22-18-15(17(19)20-8-21-18)14(9)11-6-12(23-3)16(25-5)13(7-11)24-4/h6-8H,1-5H3,(H2,19,20,21,22). The molecular weight excluding hydrogens is 320 g/mol. The van der Waals surface area contributed by atoms with E-state index in [1.165, 1.54) is 6.33 Å². The fourth-order valence-electron chi connectivity index (χ4n) is 2.91. The summed E-state index contributed by atoms with van der Waals surface area (Å²) in [6.07, 6.45) is 1.42. The van der Waals surface area contributed by atoms with Crippen molar-refractivity contribution in [3.8, 4) is 28.4 Å². The SMILES string of the molecule is COc1cc(-c2c(C)c(C)nc3ncnc(N)c23)cc(OC)c1OC. The Hall–Kier alpha value is -3.09. The number of hydrogen-bond donors (Lipinski definition) is 1. The molecule has 0 aliphatic heterocycles. The molecule has 0 bridgehead atoms. The molecule has 3 aromatic rings. The van der Waals surface area contributed by atoms with Crippen LogP contribution in [0, 0.1) is 13.8 Å². The highest BCUT2D eigenvalue weighted by Gasteiger charge is 2.20. The number of aryl methyl sites for hydroxylation is 1. The number of hydrogen-bond acceptors (Lipinski definition) is 7. The van der Waals surface area contributed by atoms with E-state index in [4.69, 9.17) is 19.9 Å². The maximum absolute atomic E-state index is 6.13. The first kappa shape index (κ1) is 16.8. The van der Waals surface area contributed by atoms with Crippen molar-refractivity contribution in [3.05, 3.63) is 29.7 Å². The Balaban J connectivity index is 2.43. The first-order chi connectivity index (χ1) is 12.0. The van der Waals surface area contributed by atoms with E-state index in [9.17, 15) is 0 Å². The molecule has 0 amide bonds. The van der Waals surface area contributed by atoms with Crippen molar-refractivity contribution in [1.29, 1.82) is 0 Å². The molecule has 0 radical (unpaired) electrons. The van der Waals surface area contributed by atoms with Crippen LogP contribution in [0.4, 0.5) is 5.82 Å². The number of ether oxygens (including phenoxy) is 3. The predicted molar refractivity (Wildman–Crippen MR) is 96.3 cm³/mol. The summed E-state index contributed by atoms with van der Waals surface area (Å²) in [5.74, 6) is 2.04. The Bertz CT molecular complexity index is 932. The quantitative estimate of drug-likeness (QED) is 0.780. The van der Waals surface area contributed by atoms with E-state index in [0.29, 0.717) is 34.1 Å². The first-order valence-corrected chi connectivity index (χ1v) is 7.69. The van der Waals surface area contributed by atoms with Gasteiger partial charge in [-0.15, -0.1) is 0 Å². The maximum atomic E-state index is 6.13. The highest BCUT2D eigenvalue weighted by molar-refractivity contribution is 6.01. The summed E-state index contributed by atoms with van der Waals surface area (Å²) in [5.41, 5.74) is 10.3. The van der Waals surface area contributed by atoms with Crippen LogP contribution < -0.4 is 19.9 Å². The number of nitrogen functional groups attached to an aromatic ring is 1. The molecule has 0 spiro atoms. The molecule has 7 heteroatoms. The van der Waals surface area contributed by atoms with Crippen molar-refractivity contribution in [2.45, 2.75) is 13.8 Å². The van der Waals surface area contributed by atoms with Gasteiger partial charge in [0.1, 0.15) is 12.1 Å². The number of fused-ring (bicyclic) bond motifs is 1. The molecule has 0 saturated heterocycles. The number of methoxy groups -OCH3 is 3. The zero-order chi connectivity index (χ0) is 18.1. The summed E-state index contributed by atoms with van der Waals surface area (Å²) < 4.78 is 16.3. The van der Waals surface area contributed by atoms with Crippen LogP contribution in [0.2, 0.25) is 0 Å². The summed E-state index contributed by atoms with van der Waals surface area (Å²) in [6, 6.07) is 3.77. The van der Waals surface area contributed by atoms with Crippen LogP contribution in [-0.4, -0.2) is 36.3 Å². The van der Waals surface area contributed by atoms with Crippen LogP contribution in [0.5, 0.6) is 17.2 Å².